The molecule has 0 aliphatic heterocycles. The van der Waals surface area contributed by atoms with E-state index >= 15 is 0 Å². The Bertz CT molecular complexity index is 142. The van der Waals surface area contributed by atoms with E-state index in [1.54, 1.807) is 6.08 Å². The highest BCUT2D eigenvalue weighted by Gasteiger charge is 2.00. The summed E-state index contributed by atoms with van der Waals surface area (Å²) < 4.78 is 12.4. The quantitative estimate of drug-likeness (QED) is 0.451. The van der Waals surface area contributed by atoms with Gasteiger partial charge in [0.2, 0.25) is 0 Å². The maximum Gasteiger partial charge on any atom is 0.121 e. The Morgan fingerprint density at radius 2 is 2.38 bits per heavy atom. The molecule has 0 unspecified atom stereocenters. The van der Waals surface area contributed by atoms with Crippen molar-refractivity contribution in [2.24, 2.45) is 0 Å². The number of hydrogen-bond donors (Lipinski definition) is 0. The minimum Gasteiger partial charge on any atom is -0.207 e. The lowest BCUT2D eigenvalue weighted by Gasteiger charge is -2.02. The molecule has 0 saturated heterocycles. The Labute approximate surface area is 48.7 Å². The fraction of sp³-hybridized carbons (Fsp3) is 0.429. The molecule has 44 valence electrons. The van der Waals surface area contributed by atoms with E-state index in [4.69, 9.17) is 0 Å². The molecule has 0 saturated carbocycles. The van der Waals surface area contributed by atoms with Crippen molar-refractivity contribution in [2.75, 3.05) is 0 Å². The van der Waals surface area contributed by atoms with Gasteiger partial charge in [0, 0.05) is 0 Å². The lowest BCUT2D eigenvalue weighted by Crippen LogP contribution is -1.84. The normalized spacial score (nSPS) is 19.8. The first-order chi connectivity index (χ1) is 3.80. The second-order valence-corrected chi connectivity index (χ2v) is 2.07. The van der Waals surface area contributed by atoms with E-state index in [-0.39, 0.29) is 5.83 Å². The van der Waals surface area contributed by atoms with Crippen molar-refractivity contribution >= 4 is 0 Å². The van der Waals surface area contributed by atoms with Crippen LogP contribution in [0.5, 0.6) is 0 Å². The van der Waals surface area contributed by atoms with Gasteiger partial charge in [0.25, 0.3) is 0 Å². The molecule has 1 rings (SSSR count). The summed E-state index contributed by atoms with van der Waals surface area (Å²) in [6.45, 7) is 1.83. The minimum absolute atomic E-state index is 0.0451. The number of hydrogen-bond acceptors (Lipinski definition) is 0. The summed E-state index contributed by atoms with van der Waals surface area (Å²) in [5.41, 5.74) is 0.882. The van der Waals surface area contributed by atoms with Crippen LogP contribution in [0.4, 0.5) is 4.39 Å². The van der Waals surface area contributed by atoms with E-state index in [0.29, 0.717) is 0 Å². The van der Waals surface area contributed by atoms with Gasteiger partial charge in [-0.05, 0) is 31.4 Å². The molecule has 1 aliphatic rings. The average molecular weight is 112 g/mol. The van der Waals surface area contributed by atoms with Crippen molar-refractivity contribution in [1.82, 2.24) is 0 Å². The fourth-order valence-corrected chi connectivity index (χ4v) is 0.748. The standard InChI is InChI=1S/C7H9F/c1-6-4-2-3-5-7(6)8/h3,5H,2,4H2,1H3. The van der Waals surface area contributed by atoms with E-state index in [1.165, 1.54) is 0 Å². The molecule has 0 spiro atoms. The second-order valence-electron chi connectivity index (χ2n) is 2.07. The molecule has 0 amide bonds. The van der Waals surface area contributed by atoms with E-state index in [0.717, 1.165) is 18.4 Å². The molecular weight excluding hydrogens is 103 g/mol. The van der Waals surface area contributed by atoms with E-state index in [2.05, 4.69) is 0 Å². The lowest BCUT2D eigenvalue weighted by molar-refractivity contribution is 0.636. The van der Waals surface area contributed by atoms with Crippen molar-refractivity contribution in [3.8, 4) is 0 Å². The van der Waals surface area contributed by atoms with Gasteiger partial charge < -0.3 is 0 Å². The largest absolute Gasteiger partial charge is 0.207 e. The summed E-state index contributed by atoms with van der Waals surface area (Å²) in [5.74, 6) is -0.0451. The SMILES string of the molecule is CC1=C(F)C=CCC1. The molecular formula is C7H9F. The fourth-order valence-electron chi connectivity index (χ4n) is 0.748. The van der Waals surface area contributed by atoms with Crippen molar-refractivity contribution < 1.29 is 4.39 Å². The Kier molecular flexibility index (Phi) is 1.47. The van der Waals surface area contributed by atoms with Crippen LogP contribution in [0.1, 0.15) is 19.8 Å². The summed E-state index contributed by atoms with van der Waals surface area (Å²) in [6.07, 6.45) is 5.29. The van der Waals surface area contributed by atoms with Crippen LogP contribution >= 0.6 is 0 Å². The lowest BCUT2D eigenvalue weighted by atomic mass is 10.1. The van der Waals surface area contributed by atoms with Crippen LogP contribution < -0.4 is 0 Å². The topological polar surface area (TPSA) is 0 Å². The monoisotopic (exact) mass is 112 g/mol. The highest BCUT2D eigenvalue weighted by Crippen LogP contribution is 2.18. The minimum atomic E-state index is -0.0451. The molecule has 0 nitrogen and oxygen atoms in total. The zero-order valence-electron chi connectivity index (χ0n) is 4.95. The third-order valence-electron chi connectivity index (χ3n) is 1.36. The van der Waals surface area contributed by atoms with Crippen LogP contribution in [0.3, 0.4) is 0 Å². The summed E-state index contributed by atoms with van der Waals surface area (Å²) in [5, 5.41) is 0. The summed E-state index contributed by atoms with van der Waals surface area (Å²) >= 11 is 0. The average Bonchev–Trinajstić information content (AvgIpc) is 1.77. The highest BCUT2D eigenvalue weighted by molar-refractivity contribution is 5.21. The van der Waals surface area contributed by atoms with Gasteiger partial charge in [-0.2, -0.15) is 0 Å². The predicted molar refractivity (Wildman–Crippen MR) is 32.2 cm³/mol. The van der Waals surface area contributed by atoms with Crippen LogP contribution in [0.15, 0.2) is 23.6 Å². The van der Waals surface area contributed by atoms with Crippen LogP contribution in [-0.2, 0) is 0 Å². The molecule has 1 aliphatic carbocycles. The molecule has 8 heavy (non-hydrogen) atoms. The highest BCUT2D eigenvalue weighted by atomic mass is 19.1. The first kappa shape index (κ1) is 5.54. The maximum atomic E-state index is 12.4. The van der Waals surface area contributed by atoms with Gasteiger partial charge in [0.05, 0.1) is 0 Å². The van der Waals surface area contributed by atoms with E-state index < -0.39 is 0 Å². The molecule has 0 fully saturated rings. The van der Waals surface area contributed by atoms with Gasteiger partial charge in [-0.3, -0.25) is 0 Å². The van der Waals surface area contributed by atoms with Crippen molar-refractivity contribution in [3.05, 3.63) is 23.6 Å². The number of halogens is 1. The Balaban J connectivity index is 2.76. The van der Waals surface area contributed by atoms with Crippen LogP contribution in [0, 0.1) is 0 Å². The first-order valence-corrected chi connectivity index (χ1v) is 2.82. The zero-order chi connectivity index (χ0) is 5.98. The summed E-state index contributed by atoms with van der Waals surface area (Å²) in [7, 11) is 0. The Morgan fingerprint density at radius 1 is 1.62 bits per heavy atom. The summed E-state index contributed by atoms with van der Waals surface area (Å²) in [6, 6.07) is 0. The van der Waals surface area contributed by atoms with Gasteiger partial charge in [0.15, 0.2) is 0 Å². The molecule has 0 radical (unpaired) electrons. The van der Waals surface area contributed by atoms with Crippen LogP contribution in [0.25, 0.3) is 0 Å². The number of allylic oxidation sites excluding steroid dienone is 4. The first-order valence-electron chi connectivity index (χ1n) is 2.82. The van der Waals surface area contributed by atoms with Crippen molar-refractivity contribution in [1.29, 1.82) is 0 Å². The van der Waals surface area contributed by atoms with Crippen molar-refractivity contribution in [2.45, 2.75) is 19.8 Å². The van der Waals surface area contributed by atoms with E-state index in [1.807, 2.05) is 13.0 Å². The van der Waals surface area contributed by atoms with Gasteiger partial charge in [-0.25, -0.2) is 4.39 Å². The van der Waals surface area contributed by atoms with Crippen molar-refractivity contribution in [3.63, 3.8) is 0 Å². The van der Waals surface area contributed by atoms with Crippen LogP contribution in [-0.4, -0.2) is 0 Å². The molecule has 0 aromatic heterocycles. The molecule has 0 atom stereocenters. The Morgan fingerprint density at radius 3 is 2.75 bits per heavy atom. The van der Waals surface area contributed by atoms with Crippen LogP contribution in [0.2, 0.25) is 0 Å². The van der Waals surface area contributed by atoms with Gasteiger partial charge in [-0.15, -0.1) is 0 Å². The molecule has 0 aromatic rings. The number of rotatable bonds is 0. The van der Waals surface area contributed by atoms with Gasteiger partial charge in [0.1, 0.15) is 5.83 Å². The second kappa shape index (κ2) is 2.12. The molecule has 0 bridgehead atoms. The third-order valence-corrected chi connectivity index (χ3v) is 1.36. The smallest absolute Gasteiger partial charge is 0.121 e. The molecule has 0 aromatic carbocycles. The van der Waals surface area contributed by atoms with Gasteiger partial charge in [-0.1, -0.05) is 6.08 Å². The third kappa shape index (κ3) is 0.971. The van der Waals surface area contributed by atoms with E-state index in [9.17, 15) is 4.39 Å². The molecule has 0 heterocycles. The maximum absolute atomic E-state index is 12.4. The summed E-state index contributed by atoms with van der Waals surface area (Å²) in [4.78, 5) is 0. The Hall–Kier alpha value is -0.590. The molecule has 0 N–H and O–H groups in total. The van der Waals surface area contributed by atoms with Gasteiger partial charge >= 0.3 is 0 Å². The predicted octanol–water partition coefficient (Wildman–Crippen LogP) is 2.58. The molecule has 1 heteroatoms. The zero-order valence-corrected chi connectivity index (χ0v) is 4.95.